The standard InChI is InChI=1S/C31H30F2N6O2S/c1-38-13-10-21(11-14-38)19-39-15-12-23-16-22(2-8-29(23)39)28-18-31(35-20-34-28)36-25-4-6-26(7-5-25)37-42(40,41)30-9-3-24(32)17-27(30)33/h2-9,12,15-18,20-21,37H,10-11,13-14,19H2,1H3,(H,34,35,36). The smallest absolute Gasteiger partial charge is 0.264 e. The molecule has 11 heteroatoms. The van der Waals surface area contributed by atoms with E-state index in [1.165, 1.54) is 36.8 Å². The van der Waals surface area contributed by atoms with Gasteiger partial charge in [-0.3, -0.25) is 4.72 Å². The van der Waals surface area contributed by atoms with E-state index in [1.807, 2.05) is 6.07 Å². The quantitative estimate of drug-likeness (QED) is 0.222. The first-order valence-corrected chi connectivity index (χ1v) is 15.2. The van der Waals surface area contributed by atoms with E-state index in [1.54, 1.807) is 12.1 Å². The van der Waals surface area contributed by atoms with Crippen LogP contribution in [0.3, 0.4) is 0 Å². The second kappa shape index (κ2) is 11.5. The maximum atomic E-state index is 14.0. The highest BCUT2D eigenvalue weighted by Crippen LogP contribution is 2.28. The summed E-state index contributed by atoms with van der Waals surface area (Å²) >= 11 is 0. The number of rotatable bonds is 8. The maximum absolute atomic E-state index is 14.0. The highest BCUT2D eigenvalue weighted by atomic mass is 32.2. The van der Waals surface area contributed by atoms with Gasteiger partial charge in [-0.1, -0.05) is 6.07 Å². The molecule has 6 rings (SSSR count). The van der Waals surface area contributed by atoms with Gasteiger partial charge < -0.3 is 14.8 Å². The number of benzene rings is 3. The van der Waals surface area contributed by atoms with E-state index < -0.39 is 26.6 Å². The number of nitrogens with one attached hydrogen (secondary N) is 2. The normalized spacial score (nSPS) is 14.7. The van der Waals surface area contributed by atoms with Gasteiger partial charge in [0.1, 0.15) is 28.7 Å². The number of likely N-dealkylation sites (tertiary alicyclic amines) is 1. The van der Waals surface area contributed by atoms with Gasteiger partial charge in [0, 0.05) is 52.7 Å². The van der Waals surface area contributed by atoms with Gasteiger partial charge in [-0.05, 0) is 93.5 Å². The van der Waals surface area contributed by atoms with Crippen molar-refractivity contribution in [3.63, 3.8) is 0 Å². The Bertz CT molecular complexity index is 1830. The Morgan fingerprint density at radius 2 is 1.67 bits per heavy atom. The number of hydrogen-bond donors (Lipinski definition) is 2. The highest BCUT2D eigenvalue weighted by molar-refractivity contribution is 7.92. The number of fused-ring (bicyclic) bond motifs is 1. The minimum absolute atomic E-state index is 0.226. The molecule has 216 valence electrons. The molecule has 0 aliphatic carbocycles. The first-order chi connectivity index (χ1) is 20.2. The molecule has 0 radical (unpaired) electrons. The van der Waals surface area contributed by atoms with Gasteiger partial charge in [0.2, 0.25) is 0 Å². The summed E-state index contributed by atoms with van der Waals surface area (Å²) < 4.78 is 57.0. The number of nitrogens with zero attached hydrogens (tertiary/aromatic N) is 4. The summed E-state index contributed by atoms with van der Waals surface area (Å²) in [6, 6.07) is 19.1. The summed E-state index contributed by atoms with van der Waals surface area (Å²) in [6.07, 6.45) is 6.10. The van der Waals surface area contributed by atoms with Crippen molar-refractivity contribution in [3.8, 4) is 11.3 Å². The lowest BCUT2D eigenvalue weighted by molar-refractivity contribution is 0.206. The van der Waals surface area contributed by atoms with Crippen LogP contribution in [0.1, 0.15) is 12.8 Å². The molecule has 2 N–H and O–H groups in total. The molecular weight excluding hydrogens is 558 g/mol. The fourth-order valence-corrected chi connectivity index (χ4v) is 6.42. The Morgan fingerprint density at radius 1 is 0.905 bits per heavy atom. The lowest BCUT2D eigenvalue weighted by Crippen LogP contribution is -2.31. The molecule has 5 aromatic rings. The molecule has 2 aromatic heterocycles. The van der Waals surface area contributed by atoms with Crippen molar-refractivity contribution in [1.29, 1.82) is 0 Å². The Kier molecular flexibility index (Phi) is 7.61. The predicted molar refractivity (Wildman–Crippen MR) is 160 cm³/mol. The minimum Gasteiger partial charge on any atom is -0.347 e. The van der Waals surface area contributed by atoms with Crippen LogP contribution in [-0.2, 0) is 16.6 Å². The van der Waals surface area contributed by atoms with E-state index in [9.17, 15) is 17.2 Å². The van der Waals surface area contributed by atoms with Gasteiger partial charge >= 0.3 is 0 Å². The monoisotopic (exact) mass is 588 g/mol. The van der Waals surface area contributed by atoms with Crippen molar-refractivity contribution in [2.24, 2.45) is 5.92 Å². The molecule has 0 bridgehead atoms. The second-order valence-electron chi connectivity index (χ2n) is 10.7. The first-order valence-electron chi connectivity index (χ1n) is 13.7. The Balaban J connectivity index is 1.13. The van der Waals surface area contributed by atoms with Crippen LogP contribution in [0, 0.1) is 17.6 Å². The molecule has 0 saturated carbocycles. The third-order valence-corrected chi connectivity index (χ3v) is 9.03. The van der Waals surface area contributed by atoms with E-state index in [0.717, 1.165) is 48.4 Å². The second-order valence-corrected chi connectivity index (χ2v) is 12.3. The molecular formula is C31H30F2N6O2S. The number of aromatic nitrogens is 3. The van der Waals surface area contributed by atoms with E-state index in [4.69, 9.17) is 0 Å². The summed E-state index contributed by atoms with van der Waals surface area (Å²) in [6.45, 7) is 3.33. The molecule has 8 nitrogen and oxygen atoms in total. The summed E-state index contributed by atoms with van der Waals surface area (Å²) in [5, 5.41) is 4.36. The zero-order chi connectivity index (χ0) is 29.3. The van der Waals surface area contributed by atoms with Crippen LogP contribution < -0.4 is 10.0 Å². The van der Waals surface area contributed by atoms with E-state index in [-0.39, 0.29) is 5.69 Å². The van der Waals surface area contributed by atoms with Crippen molar-refractivity contribution in [2.45, 2.75) is 24.3 Å². The maximum Gasteiger partial charge on any atom is 0.264 e. The summed E-state index contributed by atoms with van der Waals surface area (Å²) in [7, 11) is -2.05. The average Bonchev–Trinajstić information content (AvgIpc) is 3.37. The first kappa shape index (κ1) is 27.8. The number of hydrogen-bond acceptors (Lipinski definition) is 6. The van der Waals surface area contributed by atoms with Crippen LogP contribution in [0.5, 0.6) is 0 Å². The van der Waals surface area contributed by atoms with E-state index in [2.05, 4.69) is 67.0 Å². The Hall–Kier alpha value is -4.35. The molecule has 1 aliphatic rings. The Morgan fingerprint density at radius 3 is 2.43 bits per heavy atom. The molecule has 1 aliphatic heterocycles. The summed E-state index contributed by atoms with van der Waals surface area (Å²) in [4.78, 5) is 10.5. The van der Waals surface area contributed by atoms with Crippen molar-refractivity contribution in [1.82, 2.24) is 19.4 Å². The molecule has 0 amide bonds. The van der Waals surface area contributed by atoms with Gasteiger partial charge in [-0.15, -0.1) is 0 Å². The van der Waals surface area contributed by atoms with Crippen LogP contribution in [0.2, 0.25) is 0 Å². The topological polar surface area (TPSA) is 92.2 Å². The van der Waals surface area contributed by atoms with Crippen LogP contribution in [0.15, 0.2) is 90.2 Å². The number of sulfonamides is 1. The van der Waals surface area contributed by atoms with E-state index >= 15 is 0 Å². The van der Waals surface area contributed by atoms with Gasteiger partial charge in [0.15, 0.2) is 0 Å². The lowest BCUT2D eigenvalue weighted by atomic mass is 9.97. The molecule has 3 aromatic carbocycles. The van der Waals surface area contributed by atoms with Gasteiger partial charge in [0.05, 0.1) is 5.69 Å². The fourth-order valence-electron chi connectivity index (χ4n) is 5.30. The van der Waals surface area contributed by atoms with Gasteiger partial charge in [-0.25, -0.2) is 27.2 Å². The van der Waals surface area contributed by atoms with Crippen LogP contribution in [-0.4, -0.2) is 48.0 Å². The molecule has 1 saturated heterocycles. The highest BCUT2D eigenvalue weighted by Gasteiger charge is 2.20. The number of piperidine rings is 1. The van der Waals surface area contributed by atoms with Gasteiger partial charge in [-0.2, -0.15) is 0 Å². The largest absolute Gasteiger partial charge is 0.347 e. The predicted octanol–water partition coefficient (Wildman–Crippen LogP) is 6.26. The third kappa shape index (κ3) is 6.12. The van der Waals surface area contributed by atoms with Crippen molar-refractivity contribution >= 4 is 38.1 Å². The molecule has 0 spiro atoms. The lowest BCUT2D eigenvalue weighted by Gasteiger charge is -2.29. The molecule has 1 fully saturated rings. The molecule has 0 unspecified atom stereocenters. The molecule has 42 heavy (non-hydrogen) atoms. The van der Waals surface area contributed by atoms with Crippen molar-refractivity contribution in [2.75, 3.05) is 30.2 Å². The number of halogens is 2. The molecule has 0 atom stereocenters. The third-order valence-electron chi connectivity index (χ3n) is 7.62. The van der Waals surface area contributed by atoms with Crippen LogP contribution in [0.4, 0.5) is 26.0 Å². The number of anilines is 3. The van der Waals surface area contributed by atoms with Gasteiger partial charge in [0.25, 0.3) is 10.0 Å². The minimum atomic E-state index is -4.23. The summed E-state index contributed by atoms with van der Waals surface area (Å²) in [5.41, 5.74) is 3.84. The van der Waals surface area contributed by atoms with Crippen molar-refractivity contribution in [3.05, 3.63) is 97.0 Å². The molecule has 3 heterocycles. The SMILES string of the molecule is CN1CCC(Cn2ccc3cc(-c4cc(Nc5ccc(NS(=O)(=O)c6ccc(F)cc6F)cc5)ncn4)ccc32)CC1. The Labute approximate surface area is 243 Å². The fraction of sp³-hybridized carbons (Fsp3) is 0.226. The zero-order valence-electron chi connectivity index (χ0n) is 23.0. The summed E-state index contributed by atoms with van der Waals surface area (Å²) in [5.74, 6) is -0.752. The van der Waals surface area contributed by atoms with Crippen LogP contribution >= 0.6 is 0 Å². The zero-order valence-corrected chi connectivity index (χ0v) is 23.8. The van der Waals surface area contributed by atoms with Crippen molar-refractivity contribution < 1.29 is 17.2 Å². The average molecular weight is 589 g/mol. The van der Waals surface area contributed by atoms with E-state index in [0.29, 0.717) is 23.5 Å². The van der Waals surface area contributed by atoms with Crippen LogP contribution in [0.25, 0.3) is 22.2 Å².